The van der Waals surface area contributed by atoms with E-state index in [0.717, 1.165) is 12.1 Å². The first-order chi connectivity index (χ1) is 6.56. The molecule has 1 rings (SSSR count). The molecule has 76 valence electrons. The second-order valence-corrected chi connectivity index (χ2v) is 3.32. The van der Waals surface area contributed by atoms with E-state index in [0.29, 0.717) is 0 Å². The van der Waals surface area contributed by atoms with Crippen molar-refractivity contribution < 1.29 is 14.1 Å². The van der Waals surface area contributed by atoms with Crippen molar-refractivity contribution in [2.75, 3.05) is 6.07 Å². The Kier molecular flexibility index (Phi) is 3.65. The smallest absolute Gasteiger partial charge is 0.312 e. The summed E-state index contributed by atoms with van der Waals surface area (Å²) in [5, 5.41) is 10.5. The van der Waals surface area contributed by atoms with E-state index in [1.165, 1.54) is 0 Å². The summed E-state index contributed by atoms with van der Waals surface area (Å²) in [4.78, 5) is 9.82. The number of nitro groups is 1. The van der Waals surface area contributed by atoms with Crippen LogP contribution in [0.4, 0.5) is 10.1 Å². The number of hydrogen-bond donors (Lipinski definition) is 0. The van der Waals surface area contributed by atoms with Crippen molar-refractivity contribution in [1.29, 1.82) is 0 Å². The minimum Gasteiger partial charge on any atom is -0.471 e. The van der Waals surface area contributed by atoms with E-state index in [2.05, 4.69) is 15.9 Å². The van der Waals surface area contributed by atoms with Crippen LogP contribution in [0.5, 0.6) is 5.75 Å². The Labute approximate surface area is 91.9 Å². The highest BCUT2D eigenvalue weighted by Gasteiger charge is 2.18. The molecule has 0 aliphatic rings. The molecule has 0 saturated carbocycles. The lowest BCUT2D eigenvalue weighted by atomic mass is 10.3. The molecule has 0 unspecified atom stereocenters. The normalized spacial score (nSPS) is 9.93. The van der Waals surface area contributed by atoms with Gasteiger partial charge in [-0.25, -0.2) is 4.39 Å². The summed E-state index contributed by atoms with van der Waals surface area (Å²) in [5.41, 5.74) is -0.334. The van der Waals surface area contributed by atoms with Gasteiger partial charge in [0.2, 0.25) is 5.75 Å². The molecular formula is C7H4BrClFNO3. The van der Waals surface area contributed by atoms with Crippen LogP contribution in [-0.4, -0.2) is 11.0 Å². The van der Waals surface area contributed by atoms with E-state index in [1.807, 2.05) is 0 Å². The third-order valence-corrected chi connectivity index (χ3v) is 2.13. The third kappa shape index (κ3) is 2.33. The topological polar surface area (TPSA) is 52.4 Å². The molecule has 0 radical (unpaired) electrons. The SMILES string of the molecule is O=[N+]([O-])c1cc(Br)c(F)cc1OCCl. The third-order valence-electron chi connectivity index (χ3n) is 1.41. The van der Waals surface area contributed by atoms with Crippen LogP contribution >= 0.6 is 27.5 Å². The fraction of sp³-hybridized carbons (Fsp3) is 0.143. The Morgan fingerprint density at radius 1 is 1.64 bits per heavy atom. The predicted molar refractivity (Wildman–Crippen MR) is 52.1 cm³/mol. The molecule has 0 spiro atoms. The molecule has 1 aromatic rings. The Bertz CT molecular complexity index is 374. The molecular weight excluding hydrogens is 280 g/mol. The van der Waals surface area contributed by atoms with Crippen LogP contribution in [0, 0.1) is 15.9 Å². The van der Waals surface area contributed by atoms with Gasteiger partial charge in [0.15, 0.2) is 6.07 Å². The molecule has 0 heterocycles. The van der Waals surface area contributed by atoms with Crippen molar-refractivity contribution >= 4 is 33.2 Å². The van der Waals surface area contributed by atoms with Gasteiger partial charge in [0.05, 0.1) is 9.40 Å². The van der Waals surface area contributed by atoms with Gasteiger partial charge in [0, 0.05) is 12.1 Å². The summed E-state index contributed by atoms with van der Waals surface area (Å²) in [7, 11) is 0. The van der Waals surface area contributed by atoms with Gasteiger partial charge in [0.1, 0.15) is 5.82 Å². The van der Waals surface area contributed by atoms with Crippen molar-refractivity contribution in [3.05, 3.63) is 32.5 Å². The Morgan fingerprint density at radius 3 is 2.79 bits per heavy atom. The zero-order chi connectivity index (χ0) is 10.7. The van der Waals surface area contributed by atoms with Gasteiger partial charge in [-0.15, -0.1) is 0 Å². The van der Waals surface area contributed by atoms with Crippen LogP contribution < -0.4 is 4.74 Å². The van der Waals surface area contributed by atoms with Crippen molar-refractivity contribution in [3.63, 3.8) is 0 Å². The van der Waals surface area contributed by atoms with Gasteiger partial charge in [-0.3, -0.25) is 10.1 Å². The first-order valence-corrected chi connectivity index (χ1v) is 4.71. The van der Waals surface area contributed by atoms with Crippen LogP contribution in [0.2, 0.25) is 0 Å². The molecule has 7 heteroatoms. The highest BCUT2D eigenvalue weighted by atomic mass is 79.9. The Morgan fingerprint density at radius 2 is 2.29 bits per heavy atom. The Hall–Kier alpha value is -0.880. The monoisotopic (exact) mass is 283 g/mol. The molecule has 0 fully saturated rings. The lowest BCUT2D eigenvalue weighted by Gasteiger charge is -2.03. The van der Waals surface area contributed by atoms with Crippen LogP contribution in [0.15, 0.2) is 16.6 Å². The summed E-state index contributed by atoms with van der Waals surface area (Å²) in [5.74, 6) is -0.832. The fourth-order valence-electron chi connectivity index (χ4n) is 0.835. The second-order valence-electron chi connectivity index (χ2n) is 2.24. The summed E-state index contributed by atoms with van der Waals surface area (Å²) < 4.78 is 17.7. The first kappa shape index (κ1) is 11.2. The molecule has 4 nitrogen and oxygen atoms in total. The van der Waals surface area contributed by atoms with E-state index >= 15 is 0 Å². The van der Waals surface area contributed by atoms with Crippen LogP contribution in [0.3, 0.4) is 0 Å². The van der Waals surface area contributed by atoms with E-state index < -0.39 is 10.7 Å². The molecule has 0 aliphatic carbocycles. The second kappa shape index (κ2) is 4.56. The van der Waals surface area contributed by atoms with E-state index in [4.69, 9.17) is 16.3 Å². The molecule has 0 N–H and O–H groups in total. The van der Waals surface area contributed by atoms with E-state index in [-0.39, 0.29) is 22.0 Å². The molecule has 0 atom stereocenters. The van der Waals surface area contributed by atoms with Crippen LogP contribution in [0.1, 0.15) is 0 Å². The zero-order valence-electron chi connectivity index (χ0n) is 6.67. The van der Waals surface area contributed by atoms with Gasteiger partial charge in [-0.05, 0) is 15.9 Å². The number of nitrogens with zero attached hydrogens (tertiary/aromatic N) is 1. The van der Waals surface area contributed by atoms with Crippen LogP contribution in [0.25, 0.3) is 0 Å². The maximum absolute atomic E-state index is 13.0. The minimum absolute atomic E-state index is 0.00567. The number of alkyl halides is 1. The number of ether oxygens (including phenoxy) is 1. The number of halogens is 3. The summed E-state index contributed by atoms with van der Waals surface area (Å²) in [6.45, 7) is 0. The molecule has 0 aromatic heterocycles. The lowest BCUT2D eigenvalue weighted by Crippen LogP contribution is -1.97. The van der Waals surface area contributed by atoms with Gasteiger partial charge in [0.25, 0.3) is 0 Å². The van der Waals surface area contributed by atoms with Crippen molar-refractivity contribution in [2.24, 2.45) is 0 Å². The van der Waals surface area contributed by atoms with Gasteiger partial charge < -0.3 is 4.74 Å². The van der Waals surface area contributed by atoms with Crippen molar-refractivity contribution in [2.45, 2.75) is 0 Å². The van der Waals surface area contributed by atoms with Gasteiger partial charge in [-0.1, -0.05) is 11.6 Å². The number of rotatable bonds is 3. The molecule has 0 amide bonds. The zero-order valence-corrected chi connectivity index (χ0v) is 9.01. The predicted octanol–water partition coefficient (Wildman–Crippen LogP) is 3.07. The molecule has 0 saturated heterocycles. The quantitative estimate of drug-likeness (QED) is 0.487. The highest BCUT2D eigenvalue weighted by Crippen LogP contribution is 2.32. The molecule has 0 bridgehead atoms. The standard InChI is InChI=1S/C7H4BrClFNO3/c8-4-1-6(11(12)13)7(14-3-9)2-5(4)10/h1-2H,3H2. The maximum Gasteiger partial charge on any atom is 0.312 e. The Balaban J connectivity index is 3.24. The highest BCUT2D eigenvalue weighted by molar-refractivity contribution is 9.10. The summed E-state index contributed by atoms with van der Waals surface area (Å²) in [6.07, 6.45) is 0. The largest absolute Gasteiger partial charge is 0.471 e. The van der Waals surface area contributed by atoms with Crippen LogP contribution in [-0.2, 0) is 0 Å². The van der Waals surface area contributed by atoms with Crippen molar-refractivity contribution in [1.82, 2.24) is 0 Å². The van der Waals surface area contributed by atoms with Gasteiger partial charge in [-0.2, -0.15) is 0 Å². The molecule has 1 aromatic carbocycles. The number of nitro benzene ring substituents is 1. The maximum atomic E-state index is 13.0. The number of benzene rings is 1. The fourth-order valence-corrected chi connectivity index (χ4v) is 1.28. The molecule has 0 aliphatic heterocycles. The average molecular weight is 284 g/mol. The molecule has 14 heavy (non-hydrogen) atoms. The summed E-state index contributed by atoms with van der Waals surface area (Å²) >= 11 is 8.06. The van der Waals surface area contributed by atoms with E-state index in [1.54, 1.807) is 0 Å². The minimum atomic E-state index is -0.675. The van der Waals surface area contributed by atoms with Gasteiger partial charge >= 0.3 is 5.69 Å². The van der Waals surface area contributed by atoms with E-state index in [9.17, 15) is 14.5 Å². The summed E-state index contributed by atoms with van der Waals surface area (Å²) in [6, 6.07) is 1.66. The number of hydrogen-bond acceptors (Lipinski definition) is 3. The first-order valence-electron chi connectivity index (χ1n) is 3.38. The average Bonchev–Trinajstić information content (AvgIpc) is 2.11. The van der Waals surface area contributed by atoms with Crippen molar-refractivity contribution in [3.8, 4) is 5.75 Å². The lowest BCUT2D eigenvalue weighted by molar-refractivity contribution is -0.385.